The number of amides is 1. The van der Waals surface area contributed by atoms with Crippen molar-refractivity contribution in [3.8, 4) is 0 Å². The SMILES string of the molecule is CN(C)S(=O)(=O)c1ccc(Cl)c(C(=O)N2CCCC[C@H]2C(=O)O)c1. The van der Waals surface area contributed by atoms with E-state index in [9.17, 15) is 23.1 Å². The van der Waals surface area contributed by atoms with Crippen LogP contribution in [0.3, 0.4) is 0 Å². The Morgan fingerprint density at radius 2 is 1.96 bits per heavy atom. The van der Waals surface area contributed by atoms with E-state index in [0.29, 0.717) is 19.4 Å². The van der Waals surface area contributed by atoms with Crippen molar-refractivity contribution in [3.05, 3.63) is 28.8 Å². The Kier molecular flexibility index (Phi) is 5.52. The first-order chi connectivity index (χ1) is 11.2. The van der Waals surface area contributed by atoms with Crippen molar-refractivity contribution >= 4 is 33.5 Å². The maximum absolute atomic E-state index is 12.8. The summed E-state index contributed by atoms with van der Waals surface area (Å²) in [5.41, 5.74) is -0.00672. The number of hydrogen-bond acceptors (Lipinski definition) is 4. The first-order valence-corrected chi connectivity index (χ1v) is 9.24. The third-order valence-electron chi connectivity index (χ3n) is 4.00. The van der Waals surface area contributed by atoms with Gasteiger partial charge in [-0.1, -0.05) is 11.6 Å². The van der Waals surface area contributed by atoms with Crippen molar-refractivity contribution in [1.29, 1.82) is 0 Å². The number of piperidine rings is 1. The van der Waals surface area contributed by atoms with Gasteiger partial charge in [0, 0.05) is 20.6 Å². The molecule has 1 heterocycles. The smallest absolute Gasteiger partial charge is 0.326 e. The third kappa shape index (κ3) is 3.55. The molecule has 1 saturated heterocycles. The summed E-state index contributed by atoms with van der Waals surface area (Å²) in [6, 6.07) is 2.94. The maximum atomic E-state index is 12.8. The number of halogens is 1. The lowest BCUT2D eigenvalue weighted by Crippen LogP contribution is -2.48. The molecule has 1 aromatic rings. The molecular formula is C15H19ClN2O5S. The van der Waals surface area contributed by atoms with Gasteiger partial charge in [-0.2, -0.15) is 0 Å². The van der Waals surface area contributed by atoms with Gasteiger partial charge in [0.1, 0.15) is 6.04 Å². The van der Waals surface area contributed by atoms with Crippen molar-refractivity contribution in [2.75, 3.05) is 20.6 Å². The van der Waals surface area contributed by atoms with Crippen LogP contribution in [0.4, 0.5) is 0 Å². The fraction of sp³-hybridized carbons (Fsp3) is 0.467. The zero-order valence-corrected chi connectivity index (χ0v) is 15.0. The molecule has 7 nitrogen and oxygen atoms in total. The summed E-state index contributed by atoms with van der Waals surface area (Å²) in [6.07, 6.45) is 1.79. The number of benzene rings is 1. The molecule has 0 spiro atoms. The molecule has 1 fully saturated rings. The number of carbonyl (C=O) groups excluding carboxylic acids is 1. The quantitative estimate of drug-likeness (QED) is 0.864. The molecule has 1 aromatic carbocycles. The van der Waals surface area contributed by atoms with Crippen LogP contribution >= 0.6 is 11.6 Å². The molecule has 0 aliphatic carbocycles. The van der Waals surface area contributed by atoms with Crippen LogP contribution < -0.4 is 0 Å². The second kappa shape index (κ2) is 7.08. The predicted octanol–water partition coefficient (Wildman–Crippen LogP) is 1.67. The summed E-state index contributed by atoms with van der Waals surface area (Å²) in [7, 11) is -0.952. The minimum absolute atomic E-state index is 0.00672. The molecular weight excluding hydrogens is 356 g/mol. The number of sulfonamides is 1. The molecule has 0 bridgehead atoms. The second-order valence-corrected chi connectivity index (χ2v) is 8.34. The van der Waals surface area contributed by atoms with Gasteiger partial charge in [0.2, 0.25) is 10.0 Å². The number of nitrogens with zero attached hydrogens (tertiary/aromatic N) is 2. The van der Waals surface area contributed by atoms with Gasteiger partial charge in [0.25, 0.3) is 5.91 Å². The highest BCUT2D eigenvalue weighted by Crippen LogP contribution is 2.26. The van der Waals surface area contributed by atoms with Crippen LogP contribution in [-0.4, -0.2) is 61.3 Å². The Morgan fingerprint density at radius 1 is 1.29 bits per heavy atom. The molecule has 0 unspecified atom stereocenters. The van der Waals surface area contributed by atoms with Gasteiger partial charge in [-0.05, 0) is 37.5 Å². The Balaban J connectivity index is 2.44. The lowest BCUT2D eigenvalue weighted by molar-refractivity contribution is -0.143. The molecule has 1 aliphatic heterocycles. The fourth-order valence-electron chi connectivity index (χ4n) is 2.63. The first kappa shape index (κ1) is 18.7. The molecule has 0 aromatic heterocycles. The Morgan fingerprint density at radius 3 is 2.54 bits per heavy atom. The molecule has 9 heteroatoms. The number of carboxylic acid groups (broad SMARTS) is 1. The zero-order chi connectivity index (χ0) is 18.1. The van der Waals surface area contributed by atoms with E-state index in [1.807, 2.05) is 0 Å². The summed E-state index contributed by atoms with van der Waals surface area (Å²) >= 11 is 6.06. The summed E-state index contributed by atoms with van der Waals surface area (Å²) in [5, 5.41) is 9.39. The van der Waals surface area contributed by atoms with Crippen molar-refractivity contribution in [2.45, 2.75) is 30.2 Å². The van der Waals surface area contributed by atoms with Gasteiger partial charge in [-0.15, -0.1) is 0 Å². The standard InChI is InChI=1S/C15H19ClN2O5S/c1-17(2)24(22,23)10-6-7-12(16)11(9-10)14(19)18-8-4-3-5-13(18)15(20)21/h6-7,9,13H,3-5,8H2,1-2H3,(H,20,21)/t13-/m0/s1. The van der Waals surface area contributed by atoms with Crippen molar-refractivity contribution < 1.29 is 23.1 Å². The number of hydrogen-bond donors (Lipinski definition) is 1. The zero-order valence-electron chi connectivity index (χ0n) is 13.4. The molecule has 1 N–H and O–H groups in total. The molecule has 1 atom stereocenters. The van der Waals surface area contributed by atoms with Gasteiger partial charge < -0.3 is 10.0 Å². The van der Waals surface area contributed by atoms with Gasteiger partial charge in [-0.25, -0.2) is 17.5 Å². The largest absolute Gasteiger partial charge is 0.480 e. The molecule has 132 valence electrons. The Labute approximate surface area is 145 Å². The van der Waals surface area contributed by atoms with Crippen LogP contribution in [-0.2, 0) is 14.8 Å². The number of carbonyl (C=O) groups is 2. The van der Waals surface area contributed by atoms with E-state index in [2.05, 4.69) is 0 Å². The fourth-order valence-corrected chi connectivity index (χ4v) is 3.75. The van der Waals surface area contributed by atoms with Crippen LogP contribution in [0.5, 0.6) is 0 Å². The van der Waals surface area contributed by atoms with E-state index in [4.69, 9.17) is 11.6 Å². The maximum Gasteiger partial charge on any atom is 0.326 e. The number of rotatable bonds is 4. The highest BCUT2D eigenvalue weighted by atomic mass is 35.5. The molecule has 1 amide bonds. The second-order valence-electron chi connectivity index (χ2n) is 5.78. The average Bonchev–Trinajstić information content (AvgIpc) is 2.54. The number of carboxylic acids is 1. The highest BCUT2D eigenvalue weighted by molar-refractivity contribution is 7.89. The normalized spacial score (nSPS) is 18.7. The van der Waals surface area contributed by atoms with Crippen LogP contribution in [0.25, 0.3) is 0 Å². The van der Waals surface area contributed by atoms with Crippen molar-refractivity contribution in [1.82, 2.24) is 9.21 Å². The summed E-state index contributed by atoms with van der Waals surface area (Å²) in [4.78, 5) is 25.3. The summed E-state index contributed by atoms with van der Waals surface area (Å²) in [5.74, 6) is -1.64. The molecule has 0 saturated carbocycles. The molecule has 1 aliphatic rings. The van der Waals surface area contributed by atoms with E-state index in [1.54, 1.807) is 0 Å². The van der Waals surface area contributed by atoms with E-state index in [0.717, 1.165) is 10.7 Å². The molecule has 2 rings (SSSR count). The van der Waals surface area contributed by atoms with Crippen LogP contribution in [0.1, 0.15) is 29.6 Å². The average molecular weight is 375 g/mol. The minimum atomic E-state index is -3.72. The Bertz CT molecular complexity index is 763. The van der Waals surface area contributed by atoms with Gasteiger partial charge in [0.05, 0.1) is 15.5 Å². The van der Waals surface area contributed by atoms with E-state index in [1.165, 1.54) is 37.2 Å². The highest BCUT2D eigenvalue weighted by Gasteiger charge is 2.33. The van der Waals surface area contributed by atoms with E-state index < -0.39 is 27.9 Å². The van der Waals surface area contributed by atoms with Gasteiger partial charge >= 0.3 is 5.97 Å². The van der Waals surface area contributed by atoms with Crippen molar-refractivity contribution in [3.63, 3.8) is 0 Å². The van der Waals surface area contributed by atoms with E-state index in [-0.39, 0.29) is 15.5 Å². The van der Waals surface area contributed by atoms with Gasteiger partial charge in [0.15, 0.2) is 0 Å². The first-order valence-electron chi connectivity index (χ1n) is 7.42. The monoisotopic (exact) mass is 374 g/mol. The number of likely N-dealkylation sites (tertiary alicyclic amines) is 1. The topological polar surface area (TPSA) is 95.0 Å². The van der Waals surface area contributed by atoms with Crippen LogP contribution in [0, 0.1) is 0 Å². The van der Waals surface area contributed by atoms with Crippen LogP contribution in [0.15, 0.2) is 23.1 Å². The summed E-state index contributed by atoms with van der Waals surface area (Å²) in [6.45, 7) is 0.302. The Hall–Kier alpha value is -1.64. The molecule has 24 heavy (non-hydrogen) atoms. The summed E-state index contributed by atoms with van der Waals surface area (Å²) < 4.78 is 25.5. The predicted molar refractivity (Wildman–Crippen MR) is 88.6 cm³/mol. The van der Waals surface area contributed by atoms with Crippen LogP contribution in [0.2, 0.25) is 5.02 Å². The molecule has 0 radical (unpaired) electrons. The number of aliphatic carboxylic acids is 1. The lowest BCUT2D eigenvalue weighted by Gasteiger charge is -2.33. The third-order valence-corrected chi connectivity index (χ3v) is 6.14. The lowest BCUT2D eigenvalue weighted by atomic mass is 10.0. The van der Waals surface area contributed by atoms with Crippen molar-refractivity contribution in [2.24, 2.45) is 0 Å². The van der Waals surface area contributed by atoms with Gasteiger partial charge in [-0.3, -0.25) is 4.79 Å². The van der Waals surface area contributed by atoms with E-state index >= 15 is 0 Å². The minimum Gasteiger partial charge on any atom is -0.480 e.